The van der Waals surface area contributed by atoms with E-state index < -0.39 is 0 Å². The summed E-state index contributed by atoms with van der Waals surface area (Å²) in [6.45, 7) is 3.16. The number of carbonyl (C=O) groups excluding carboxylic acids is 2. The van der Waals surface area contributed by atoms with E-state index in [4.69, 9.17) is 11.6 Å². The van der Waals surface area contributed by atoms with E-state index >= 15 is 0 Å². The molecule has 1 N–H and O–H groups in total. The second kappa shape index (κ2) is 8.09. The maximum Gasteiger partial charge on any atom is 0.256 e. The summed E-state index contributed by atoms with van der Waals surface area (Å²) in [5.74, 6) is 0.499. The standard InChI is InChI=1S/C22H21ClN4O2/c1-15-11-20(27(25-15)19-8-3-7-18(23)13-19)24-22(29)17-6-2-5-16(12-17)14-26-10-4-9-21(26)28/h2-3,5-8,11-13H,4,9-10,14H2,1H3,(H,24,29). The molecule has 1 fully saturated rings. The van der Waals surface area contributed by atoms with Crippen LogP contribution in [0.1, 0.15) is 34.5 Å². The van der Waals surface area contributed by atoms with Gasteiger partial charge >= 0.3 is 0 Å². The highest BCUT2D eigenvalue weighted by Crippen LogP contribution is 2.21. The predicted octanol–water partition coefficient (Wildman–Crippen LogP) is 4.21. The molecule has 1 aromatic heterocycles. The molecule has 0 bridgehead atoms. The monoisotopic (exact) mass is 408 g/mol. The van der Waals surface area contributed by atoms with Gasteiger partial charge in [0.15, 0.2) is 0 Å². The highest BCUT2D eigenvalue weighted by molar-refractivity contribution is 6.30. The molecule has 0 spiro atoms. The molecular formula is C22H21ClN4O2. The second-order valence-electron chi connectivity index (χ2n) is 7.14. The van der Waals surface area contributed by atoms with Crippen LogP contribution in [0.3, 0.4) is 0 Å². The highest BCUT2D eigenvalue weighted by Gasteiger charge is 2.20. The van der Waals surface area contributed by atoms with Gasteiger partial charge in [0.25, 0.3) is 5.91 Å². The fraction of sp³-hybridized carbons (Fsp3) is 0.227. The number of aryl methyl sites for hydroxylation is 1. The molecule has 7 heteroatoms. The van der Waals surface area contributed by atoms with Crippen molar-refractivity contribution in [3.05, 3.63) is 76.4 Å². The van der Waals surface area contributed by atoms with Crippen LogP contribution in [0.25, 0.3) is 5.69 Å². The van der Waals surface area contributed by atoms with E-state index in [1.165, 1.54) is 0 Å². The van der Waals surface area contributed by atoms with E-state index in [-0.39, 0.29) is 11.8 Å². The van der Waals surface area contributed by atoms with Crippen molar-refractivity contribution in [3.8, 4) is 5.69 Å². The molecule has 29 heavy (non-hydrogen) atoms. The lowest BCUT2D eigenvalue weighted by atomic mass is 10.1. The quantitative estimate of drug-likeness (QED) is 0.687. The predicted molar refractivity (Wildman–Crippen MR) is 112 cm³/mol. The number of hydrogen-bond donors (Lipinski definition) is 1. The van der Waals surface area contributed by atoms with Gasteiger partial charge < -0.3 is 10.2 Å². The number of aromatic nitrogens is 2. The number of amides is 2. The third-order valence-electron chi connectivity index (χ3n) is 4.86. The molecule has 2 heterocycles. The molecule has 1 aliphatic rings. The number of likely N-dealkylation sites (tertiary alicyclic amines) is 1. The SMILES string of the molecule is Cc1cc(NC(=O)c2cccc(CN3CCCC3=O)c2)n(-c2cccc(Cl)c2)n1. The Morgan fingerprint density at radius 2 is 2.00 bits per heavy atom. The Kier molecular flexibility index (Phi) is 5.36. The molecule has 2 aromatic carbocycles. The minimum Gasteiger partial charge on any atom is -0.338 e. The topological polar surface area (TPSA) is 67.2 Å². The van der Waals surface area contributed by atoms with Gasteiger partial charge in [-0.05, 0) is 49.2 Å². The van der Waals surface area contributed by atoms with Crippen LogP contribution in [0.15, 0.2) is 54.6 Å². The average Bonchev–Trinajstić information content (AvgIpc) is 3.27. The van der Waals surface area contributed by atoms with Crippen LogP contribution in [-0.4, -0.2) is 33.0 Å². The van der Waals surface area contributed by atoms with Crippen LogP contribution in [-0.2, 0) is 11.3 Å². The Morgan fingerprint density at radius 1 is 1.17 bits per heavy atom. The van der Waals surface area contributed by atoms with Gasteiger partial charge in [0.2, 0.25) is 5.91 Å². The van der Waals surface area contributed by atoms with Crippen molar-refractivity contribution in [1.29, 1.82) is 0 Å². The smallest absolute Gasteiger partial charge is 0.256 e. The molecule has 0 unspecified atom stereocenters. The number of halogens is 1. The Labute approximate surface area is 174 Å². The lowest BCUT2D eigenvalue weighted by molar-refractivity contribution is -0.128. The van der Waals surface area contributed by atoms with Crippen molar-refractivity contribution in [3.63, 3.8) is 0 Å². The first-order chi connectivity index (χ1) is 14.0. The van der Waals surface area contributed by atoms with Crippen molar-refractivity contribution in [2.24, 2.45) is 0 Å². The summed E-state index contributed by atoms with van der Waals surface area (Å²) in [6.07, 6.45) is 1.50. The molecule has 0 atom stereocenters. The number of nitrogens with zero attached hydrogens (tertiary/aromatic N) is 3. The molecule has 2 amide bonds. The lowest BCUT2D eigenvalue weighted by Crippen LogP contribution is -2.24. The van der Waals surface area contributed by atoms with Gasteiger partial charge in [-0.15, -0.1) is 0 Å². The number of nitrogens with one attached hydrogen (secondary N) is 1. The van der Waals surface area contributed by atoms with Gasteiger partial charge in [-0.1, -0.05) is 29.8 Å². The zero-order chi connectivity index (χ0) is 20.4. The second-order valence-corrected chi connectivity index (χ2v) is 7.57. The van der Waals surface area contributed by atoms with E-state index in [0.717, 1.165) is 29.9 Å². The van der Waals surface area contributed by atoms with Gasteiger partial charge in [0.05, 0.1) is 11.4 Å². The Hall–Kier alpha value is -3.12. The van der Waals surface area contributed by atoms with Gasteiger partial charge in [0.1, 0.15) is 5.82 Å². The van der Waals surface area contributed by atoms with Gasteiger partial charge in [0, 0.05) is 36.2 Å². The molecule has 1 aliphatic heterocycles. The molecule has 148 valence electrons. The summed E-state index contributed by atoms with van der Waals surface area (Å²) >= 11 is 6.10. The molecular weight excluding hydrogens is 388 g/mol. The lowest BCUT2D eigenvalue weighted by Gasteiger charge is -2.16. The first-order valence-corrected chi connectivity index (χ1v) is 9.88. The summed E-state index contributed by atoms with van der Waals surface area (Å²) in [5, 5.41) is 7.99. The number of benzene rings is 2. The first-order valence-electron chi connectivity index (χ1n) is 9.50. The van der Waals surface area contributed by atoms with E-state index in [0.29, 0.717) is 29.4 Å². The van der Waals surface area contributed by atoms with Gasteiger partial charge in [-0.25, -0.2) is 4.68 Å². The van der Waals surface area contributed by atoms with E-state index in [2.05, 4.69) is 10.4 Å². The molecule has 0 saturated carbocycles. The van der Waals surface area contributed by atoms with E-state index in [9.17, 15) is 9.59 Å². The molecule has 4 rings (SSSR count). The maximum absolute atomic E-state index is 12.9. The van der Waals surface area contributed by atoms with Crippen LogP contribution in [0, 0.1) is 6.92 Å². The van der Waals surface area contributed by atoms with Crippen molar-refractivity contribution < 1.29 is 9.59 Å². The largest absolute Gasteiger partial charge is 0.338 e. The van der Waals surface area contributed by atoms with Crippen molar-refractivity contribution in [2.45, 2.75) is 26.3 Å². The summed E-state index contributed by atoms with van der Waals surface area (Å²) in [6, 6.07) is 16.5. The molecule has 3 aromatic rings. The van der Waals surface area contributed by atoms with Crippen LogP contribution in [0.4, 0.5) is 5.82 Å². The van der Waals surface area contributed by atoms with E-state index in [1.807, 2.05) is 48.2 Å². The van der Waals surface area contributed by atoms with Crippen molar-refractivity contribution >= 4 is 29.2 Å². The highest BCUT2D eigenvalue weighted by atomic mass is 35.5. The fourth-order valence-corrected chi connectivity index (χ4v) is 3.67. The Morgan fingerprint density at radius 3 is 2.76 bits per heavy atom. The van der Waals surface area contributed by atoms with Crippen LogP contribution >= 0.6 is 11.6 Å². The summed E-state index contributed by atoms with van der Waals surface area (Å²) in [7, 11) is 0. The third-order valence-corrected chi connectivity index (χ3v) is 5.09. The Bertz CT molecular complexity index is 1080. The van der Waals surface area contributed by atoms with Crippen LogP contribution < -0.4 is 5.32 Å². The number of anilines is 1. The van der Waals surface area contributed by atoms with Crippen LogP contribution in [0.5, 0.6) is 0 Å². The average molecular weight is 409 g/mol. The minimum absolute atomic E-state index is 0.167. The normalized spacial score (nSPS) is 13.7. The van der Waals surface area contributed by atoms with Gasteiger partial charge in [-0.3, -0.25) is 9.59 Å². The zero-order valence-electron chi connectivity index (χ0n) is 16.1. The van der Waals surface area contributed by atoms with Crippen molar-refractivity contribution in [2.75, 3.05) is 11.9 Å². The molecule has 1 saturated heterocycles. The number of carbonyl (C=O) groups is 2. The fourth-order valence-electron chi connectivity index (χ4n) is 3.48. The summed E-state index contributed by atoms with van der Waals surface area (Å²) in [4.78, 5) is 26.6. The third kappa shape index (κ3) is 4.32. The number of hydrogen-bond acceptors (Lipinski definition) is 3. The first kappa shape index (κ1) is 19.2. The molecule has 0 radical (unpaired) electrons. The Balaban J connectivity index is 1.54. The summed E-state index contributed by atoms with van der Waals surface area (Å²) in [5.41, 5.74) is 3.02. The van der Waals surface area contributed by atoms with Crippen LogP contribution in [0.2, 0.25) is 5.02 Å². The van der Waals surface area contributed by atoms with Crippen molar-refractivity contribution in [1.82, 2.24) is 14.7 Å². The summed E-state index contributed by atoms with van der Waals surface area (Å²) < 4.78 is 1.66. The van der Waals surface area contributed by atoms with E-state index in [1.54, 1.807) is 22.9 Å². The number of rotatable bonds is 5. The minimum atomic E-state index is -0.234. The van der Waals surface area contributed by atoms with Gasteiger partial charge in [-0.2, -0.15) is 5.10 Å². The molecule has 0 aliphatic carbocycles. The maximum atomic E-state index is 12.9. The zero-order valence-corrected chi connectivity index (χ0v) is 16.8. The molecule has 6 nitrogen and oxygen atoms in total.